The largest absolute Gasteiger partial charge is 0.300 e. The molecule has 0 radical (unpaired) electrons. The number of carbonyl (C=O) groups excluding carboxylic acids is 1. The number of carbonyl (C=O) groups is 1. The van der Waals surface area contributed by atoms with Gasteiger partial charge in [-0.05, 0) is 25.7 Å². The van der Waals surface area contributed by atoms with E-state index in [0.717, 1.165) is 12.8 Å². The number of hydrogen-bond acceptors (Lipinski definition) is 2. The van der Waals surface area contributed by atoms with Crippen LogP contribution in [-0.4, -0.2) is 5.78 Å². The van der Waals surface area contributed by atoms with E-state index in [2.05, 4.69) is 12.1 Å². The van der Waals surface area contributed by atoms with Crippen molar-refractivity contribution in [3.8, 4) is 6.07 Å². The van der Waals surface area contributed by atoms with Crippen LogP contribution < -0.4 is 0 Å². The van der Waals surface area contributed by atoms with Crippen molar-refractivity contribution in [1.82, 2.24) is 0 Å². The quantitative estimate of drug-likeness (QED) is 0.585. The highest BCUT2D eigenvalue weighted by molar-refractivity contribution is 5.79. The Morgan fingerprint density at radius 1 is 1.75 bits per heavy atom. The first-order chi connectivity index (χ1) is 5.75. The molecule has 1 rings (SSSR count). The highest BCUT2D eigenvalue weighted by Gasteiger charge is 2.24. The Morgan fingerprint density at radius 3 is 3.08 bits per heavy atom. The maximum absolute atomic E-state index is 11.1. The summed E-state index contributed by atoms with van der Waals surface area (Å²) in [4.78, 5) is 11.1. The SMILES string of the molecule is CC(=O)C1CCC=CC1CC#N. The maximum Gasteiger partial charge on any atom is 0.133 e. The predicted octanol–water partition coefficient (Wildman–Crippen LogP) is 2.07. The molecule has 2 atom stereocenters. The Kier molecular flexibility index (Phi) is 3.04. The molecule has 2 unspecified atom stereocenters. The molecule has 0 spiro atoms. The lowest BCUT2D eigenvalue weighted by molar-refractivity contribution is -0.122. The van der Waals surface area contributed by atoms with Crippen LogP contribution in [0.15, 0.2) is 12.2 Å². The summed E-state index contributed by atoms with van der Waals surface area (Å²) in [6, 6.07) is 2.12. The van der Waals surface area contributed by atoms with Gasteiger partial charge in [0.05, 0.1) is 6.07 Å². The molecule has 0 aromatic rings. The molecule has 0 saturated heterocycles. The molecule has 1 aliphatic rings. The molecule has 0 N–H and O–H groups in total. The maximum atomic E-state index is 11.1. The second-order valence-electron chi connectivity index (χ2n) is 3.25. The van der Waals surface area contributed by atoms with Gasteiger partial charge >= 0.3 is 0 Å². The number of allylic oxidation sites excluding steroid dienone is 2. The first kappa shape index (κ1) is 8.99. The molecule has 12 heavy (non-hydrogen) atoms. The van der Waals surface area contributed by atoms with E-state index in [-0.39, 0.29) is 17.6 Å². The summed E-state index contributed by atoms with van der Waals surface area (Å²) in [7, 11) is 0. The van der Waals surface area contributed by atoms with Gasteiger partial charge in [-0.1, -0.05) is 12.2 Å². The van der Waals surface area contributed by atoms with E-state index in [0.29, 0.717) is 6.42 Å². The molecule has 0 fully saturated rings. The van der Waals surface area contributed by atoms with Gasteiger partial charge in [0.1, 0.15) is 5.78 Å². The Hall–Kier alpha value is -1.10. The van der Waals surface area contributed by atoms with Gasteiger partial charge in [0.2, 0.25) is 0 Å². The van der Waals surface area contributed by atoms with E-state index < -0.39 is 0 Å². The van der Waals surface area contributed by atoms with Crippen molar-refractivity contribution in [3.05, 3.63) is 12.2 Å². The summed E-state index contributed by atoms with van der Waals surface area (Å²) >= 11 is 0. The number of rotatable bonds is 2. The molecule has 0 aromatic carbocycles. The van der Waals surface area contributed by atoms with Crippen LogP contribution in [0.2, 0.25) is 0 Å². The zero-order valence-corrected chi connectivity index (χ0v) is 7.29. The van der Waals surface area contributed by atoms with Gasteiger partial charge < -0.3 is 0 Å². The Balaban J connectivity index is 2.66. The summed E-state index contributed by atoms with van der Waals surface area (Å²) in [5.74, 6) is 0.482. The first-order valence-electron chi connectivity index (χ1n) is 4.29. The molecule has 0 bridgehead atoms. The summed E-state index contributed by atoms with van der Waals surface area (Å²) in [5.41, 5.74) is 0. The summed E-state index contributed by atoms with van der Waals surface area (Å²) in [5, 5.41) is 8.52. The van der Waals surface area contributed by atoms with Gasteiger partial charge in [0, 0.05) is 12.3 Å². The van der Waals surface area contributed by atoms with E-state index in [9.17, 15) is 4.79 Å². The highest BCUT2D eigenvalue weighted by atomic mass is 16.1. The van der Waals surface area contributed by atoms with Crippen LogP contribution >= 0.6 is 0 Å². The molecular formula is C10H13NO. The minimum Gasteiger partial charge on any atom is -0.300 e. The molecule has 0 saturated carbocycles. The van der Waals surface area contributed by atoms with Crippen LogP contribution in [0.5, 0.6) is 0 Å². The number of hydrogen-bond donors (Lipinski definition) is 0. The van der Waals surface area contributed by atoms with Crippen LogP contribution in [0.1, 0.15) is 26.2 Å². The van der Waals surface area contributed by atoms with Gasteiger partial charge in [-0.2, -0.15) is 5.26 Å². The van der Waals surface area contributed by atoms with Gasteiger partial charge in [-0.3, -0.25) is 4.79 Å². The minimum atomic E-state index is 0.0923. The lowest BCUT2D eigenvalue weighted by atomic mass is 9.80. The lowest BCUT2D eigenvalue weighted by Crippen LogP contribution is -2.22. The van der Waals surface area contributed by atoms with Crippen LogP contribution in [0.25, 0.3) is 0 Å². The zero-order chi connectivity index (χ0) is 8.97. The molecule has 1 aliphatic carbocycles. The fourth-order valence-electron chi connectivity index (χ4n) is 1.72. The van der Waals surface area contributed by atoms with Crippen molar-refractivity contribution in [1.29, 1.82) is 5.26 Å². The predicted molar refractivity (Wildman–Crippen MR) is 46.3 cm³/mol. The van der Waals surface area contributed by atoms with Crippen LogP contribution in [0.3, 0.4) is 0 Å². The Morgan fingerprint density at radius 2 is 2.50 bits per heavy atom. The normalized spacial score (nSPS) is 28.0. The molecule has 0 aliphatic heterocycles. The van der Waals surface area contributed by atoms with Crippen LogP contribution in [-0.2, 0) is 4.79 Å². The van der Waals surface area contributed by atoms with E-state index >= 15 is 0 Å². The number of nitriles is 1. The molecule has 0 aromatic heterocycles. The van der Waals surface area contributed by atoms with Gasteiger partial charge in [-0.25, -0.2) is 0 Å². The van der Waals surface area contributed by atoms with Crippen molar-refractivity contribution in [2.45, 2.75) is 26.2 Å². The molecular weight excluding hydrogens is 150 g/mol. The van der Waals surface area contributed by atoms with Crippen molar-refractivity contribution >= 4 is 5.78 Å². The summed E-state index contributed by atoms with van der Waals surface area (Å²) in [6.07, 6.45) is 6.45. The highest BCUT2D eigenvalue weighted by Crippen LogP contribution is 2.27. The minimum absolute atomic E-state index is 0.0923. The molecule has 0 heterocycles. The Bertz CT molecular complexity index is 237. The fraction of sp³-hybridized carbons (Fsp3) is 0.600. The average molecular weight is 163 g/mol. The van der Waals surface area contributed by atoms with Crippen molar-refractivity contribution in [3.63, 3.8) is 0 Å². The lowest BCUT2D eigenvalue weighted by Gasteiger charge is -2.22. The molecule has 0 amide bonds. The van der Waals surface area contributed by atoms with Crippen LogP contribution in [0.4, 0.5) is 0 Å². The van der Waals surface area contributed by atoms with Gasteiger partial charge in [0.15, 0.2) is 0 Å². The number of ketones is 1. The van der Waals surface area contributed by atoms with Crippen molar-refractivity contribution in [2.24, 2.45) is 11.8 Å². The first-order valence-corrected chi connectivity index (χ1v) is 4.29. The number of Topliss-reactive ketones (excluding diaryl/α,β-unsaturated/α-hetero) is 1. The third-order valence-corrected chi connectivity index (χ3v) is 2.39. The number of nitrogens with zero attached hydrogens (tertiary/aromatic N) is 1. The van der Waals surface area contributed by atoms with Crippen LogP contribution in [0, 0.1) is 23.2 Å². The zero-order valence-electron chi connectivity index (χ0n) is 7.29. The monoisotopic (exact) mass is 163 g/mol. The van der Waals surface area contributed by atoms with E-state index in [1.807, 2.05) is 6.08 Å². The van der Waals surface area contributed by atoms with Crippen molar-refractivity contribution in [2.75, 3.05) is 0 Å². The Labute approximate surface area is 72.9 Å². The molecule has 2 nitrogen and oxygen atoms in total. The van der Waals surface area contributed by atoms with E-state index in [1.165, 1.54) is 0 Å². The topological polar surface area (TPSA) is 40.9 Å². The smallest absolute Gasteiger partial charge is 0.133 e. The molecule has 2 heteroatoms. The second kappa shape index (κ2) is 4.06. The van der Waals surface area contributed by atoms with E-state index in [4.69, 9.17) is 5.26 Å². The van der Waals surface area contributed by atoms with Gasteiger partial charge in [0.25, 0.3) is 0 Å². The fourth-order valence-corrected chi connectivity index (χ4v) is 1.72. The molecule has 64 valence electrons. The standard InChI is InChI=1S/C10H13NO/c1-8(12)10-5-3-2-4-9(10)6-7-11/h2,4,9-10H,3,5-6H2,1H3. The van der Waals surface area contributed by atoms with Crippen molar-refractivity contribution < 1.29 is 4.79 Å². The second-order valence-corrected chi connectivity index (χ2v) is 3.25. The third kappa shape index (κ3) is 1.94. The average Bonchev–Trinajstić information content (AvgIpc) is 2.05. The van der Waals surface area contributed by atoms with E-state index in [1.54, 1.807) is 6.92 Å². The summed E-state index contributed by atoms with van der Waals surface area (Å²) < 4.78 is 0. The van der Waals surface area contributed by atoms with Gasteiger partial charge in [-0.15, -0.1) is 0 Å². The third-order valence-electron chi connectivity index (χ3n) is 2.39. The summed E-state index contributed by atoms with van der Waals surface area (Å²) in [6.45, 7) is 1.62.